The van der Waals surface area contributed by atoms with Crippen molar-refractivity contribution in [1.29, 1.82) is 0 Å². The van der Waals surface area contributed by atoms with Crippen LogP contribution in [0.15, 0.2) is 41.0 Å². The number of aromatic amines is 1. The fraction of sp³-hybridized carbons (Fsp3) is 0.235. The number of carbonyl (C=O) groups excluding carboxylic acids is 1. The summed E-state index contributed by atoms with van der Waals surface area (Å²) in [4.78, 5) is 24.0. The highest BCUT2D eigenvalue weighted by molar-refractivity contribution is 9.10. The molecule has 0 aliphatic heterocycles. The number of aromatic nitrogens is 3. The minimum atomic E-state index is -0.174. The van der Waals surface area contributed by atoms with Gasteiger partial charge in [-0.1, -0.05) is 13.0 Å². The lowest BCUT2D eigenvalue weighted by Crippen LogP contribution is -2.23. The van der Waals surface area contributed by atoms with E-state index < -0.39 is 0 Å². The molecule has 0 saturated heterocycles. The summed E-state index contributed by atoms with van der Waals surface area (Å²) in [6.07, 6.45) is 2.61. The van der Waals surface area contributed by atoms with Crippen LogP contribution in [0.1, 0.15) is 29.5 Å². The van der Waals surface area contributed by atoms with Gasteiger partial charge in [-0.2, -0.15) is 0 Å². The summed E-state index contributed by atoms with van der Waals surface area (Å²) >= 11 is 3.37. The molecule has 0 bridgehead atoms. The number of hydrogen-bond donors (Lipinski definition) is 2. The number of fused-ring (bicyclic) bond motifs is 1. The molecular formula is C17H17BrN4O2. The van der Waals surface area contributed by atoms with Crippen LogP contribution in [0.5, 0.6) is 5.75 Å². The number of ether oxygens (including phenoxy) is 1. The molecule has 0 atom stereocenters. The molecule has 1 amide bonds. The summed E-state index contributed by atoms with van der Waals surface area (Å²) < 4.78 is 6.42. The summed E-state index contributed by atoms with van der Waals surface area (Å²) in [5.74, 6) is 1.18. The molecule has 7 heteroatoms. The topological polar surface area (TPSA) is 79.9 Å². The summed E-state index contributed by atoms with van der Waals surface area (Å²) in [6, 6.07) is 9.04. The molecule has 0 saturated carbocycles. The summed E-state index contributed by atoms with van der Waals surface area (Å²) in [5.41, 5.74) is 2.00. The monoisotopic (exact) mass is 388 g/mol. The van der Waals surface area contributed by atoms with Crippen LogP contribution in [0.4, 0.5) is 0 Å². The molecule has 6 nitrogen and oxygen atoms in total. The highest BCUT2D eigenvalue weighted by Crippen LogP contribution is 2.16. The number of nitrogens with one attached hydrogen (secondary N) is 2. The fourth-order valence-corrected chi connectivity index (χ4v) is 2.55. The Morgan fingerprint density at radius 2 is 2.25 bits per heavy atom. The molecule has 2 aromatic heterocycles. The van der Waals surface area contributed by atoms with Crippen LogP contribution >= 0.6 is 15.9 Å². The van der Waals surface area contributed by atoms with Crippen LogP contribution in [-0.4, -0.2) is 27.5 Å². The van der Waals surface area contributed by atoms with Gasteiger partial charge in [-0.05, 0) is 46.6 Å². The van der Waals surface area contributed by atoms with E-state index in [4.69, 9.17) is 4.74 Å². The lowest BCUT2D eigenvalue weighted by atomic mass is 10.2. The third kappa shape index (κ3) is 3.91. The van der Waals surface area contributed by atoms with Gasteiger partial charge in [0.2, 0.25) is 0 Å². The number of rotatable bonds is 6. The van der Waals surface area contributed by atoms with Crippen molar-refractivity contribution in [2.45, 2.75) is 19.9 Å². The molecule has 1 aromatic carbocycles. The molecule has 3 aromatic rings. The molecule has 0 aliphatic carbocycles. The van der Waals surface area contributed by atoms with Gasteiger partial charge in [0.05, 0.1) is 18.7 Å². The van der Waals surface area contributed by atoms with Gasteiger partial charge in [0, 0.05) is 16.2 Å². The number of amides is 1. The minimum Gasteiger partial charge on any atom is -0.494 e. The second-order valence-corrected chi connectivity index (χ2v) is 6.18. The van der Waals surface area contributed by atoms with E-state index >= 15 is 0 Å². The Hall–Kier alpha value is -2.41. The van der Waals surface area contributed by atoms with Crippen molar-refractivity contribution in [2.24, 2.45) is 0 Å². The van der Waals surface area contributed by atoms with E-state index in [1.165, 1.54) is 0 Å². The quantitative estimate of drug-likeness (QED) is 0.677. The van der Waals surface area contributed by atoms with Crippen molar-refractivity contribution in [3.05, 3.63) is 52.4 Å². The zero-order chi connectivity index (χ0) is 16.9. The van der Waals surface area contributed by atoms with Crippen molar-refractivity contribution in [1.82, 2.24) is 20.3 Å². The third-order valence-electron chi connectivity index (χ3n) is 3.34. The van der Waals surface area contributed by atoms with Crippen molar-refractivity contribution < 1.29 is 9.53 Å². The van der Waals surface area contributed by atoms with Crippen molar-refractivity contribution in [3.63, 3.8) is 0 Å². The molecule has 124 valence electrons. The third-order valence-corrected chi connectivity index (χ3v) is 3.77. The zero-order valence-corrected chi connectivity index (χ0v) is 14.8. The number of nitrogens with zero attached hydrogens (tertiary/aromatic N) is 2. The Morgan fingerprint density at radius 1 is 1.38 bits per heavy atom. The SMILES string of the molecule is CCCOc1cccc(C(=O)NCc2nc3ncc(Br)cc3[nH]2)c1. The smallest absolute Gasteiger partial charge is 0.251 e. The minimum absolute atomic E-state index is 0.174. The van der Waals surface area contributed by atoms with E-state index in [2.05, 4.69) is 36.2 Å². The van der Waals surface area contributed by atoms with Gasteiger partial charge in [-0.25, -0.2) is 9.97 Å². The van der Waals surface area contributed by atoms with Gasteiger partial charge >= 0.3 is 0 Å². The Bertz CT molecular complexity index is 863. The molecule has 0 spiro atoms. The van der Waals surface area contributed by atoms with Crippen LogP contribution in [0.2, 0.25) is 0 Å². The number of pyridine rings is 1. The second kappa shape index (κ2) is 7.44. The average Bonchev–Trinajstić information content (AvgIpc) is 3.00. The molecule has 3 rings (SSSR count). The molecule has 0 radical (unpaired) electrons. The maximum atomic E-state index is 12.3. The number of halogens is 1. The molecule has 0 fully saturated rings. The predicted molar refractivity (Wildman–Crippen MR) is 95.0 cm³/mol. The first-order valence-electron chi connectivity index (χ1n) is 7.67. The van der Waals surface area contributed by atoms with Crippen LogP contribution in [0.3, 0.4) is 0 Å². The first-order valence-corrected chi connectivity index (χ1v) is 8.46. The summed E-state index contributed by atoms with van der Waals surface area (Å²) in [5, 5.41) is 2.85. The van der Waals surface area contributed by atoms with Gasteiger partial charge in [0.1, 0.15) is 11.6 Å². The van der Waals surface area contributed by atoms with E-state index in [1.807, 2.05) is 25.1 Å². The summed E-state index contributed by atoms with van der Waals surface area (Å²) in [7, 11) is 0. The van der Waals surface area contributed by atoms with Crippen LogP contribution in [-0.2, 0) is 6.54 Å². The largest absolute Gasteiger partial charge is 0.494 e. The summed E-state index contributed by atoms with van der Waals surface area (Å²) in [6.45, 7) is 2.97. The Kier molecular flexibility index (Phi) is 5.10. The van der Waals surface area contributed by atoms with E-state index in [1.54, 1.807) is 18.3 Å². The average molecular weight is 389 g/mol. The predicted octanol–water partition coefficient (Wildman–Crippen LogP) is 3.44. The van der Waals surface area contributed by atoms with E-state index in [-0.39, 0.29) is 5.91 Å². The van der Waals surface area contributed by atoms with Crippen molar-refractivity contribution >= 4 is 33.0 Å². The molecule has 0 unspecified atom stereocenters. The van der Waals surface area contributed by atoms with Gasteiger partial charge in [-0.3, -0.25) is 4.79 Å². The normalized spacial score (nSPS) is 10.8. The Balaban J connectivity index is 1.65. The van der Waals surface area contributed by atoms with Gasteiger partial charge < -0.3 is 15.0 Å². The number of benzene rings is 1. The lowest BCUT2D eigenvalue weighted by Gasteiger charge is -2.07. The number of H-pyrrole nitrogens is 1. The van der Waals surface area contributed by atoms with Crippen molar-refractivity contribution in [2.75, 3.05) is 6.61 Å². The van der Waals surface area contributed by atoms with Gasteiger partial charge in [-0.15, -0.1) is 0 Å². The molecule has 0 aliphatic rings. The molecule has 24 heavy (non-hydrogen) atoms. The van der Waals surface area contributed by atoms with E-state index in [0.29, 0.717) is 35.9 Å². The molecule has 2 heterocycles. The van der Waals surface area contributed by atoms with Crippen LogP contribution in [0.25, 0.3) is 11.2 Å². The van der Waals surface area contributed by atoms with E-state index in [0.717, 1.165) is 16.4 Å². The highest BCUT2D eigenvalue weighted by atomic mass is 79.9. The maximum Gasteiger partial charge on any atom is 0.251 e. The zero-order valence-electron chi connectivity index (χ0n) is 13.2. The number of carbonyl (C=O) groups is 1. The van der Waals surface area contributed by atoms with Crippen LogP contribution in [0, 0.1) is 0 Å². The van der Waals surface area contributed by atoms with Gasteiger partial charge in [0.15, 0.2) is 5.65 Å². The Labute approximate surface area is 147 Å². The van der Waals surface area contributed by atoms with Gasteiger partial charge in [0.25, 0.3) is 5.91 Å². The Morgan fingerprint density at radius 3 is 3.08 bits per heavy atom. The lowest BCUT2D eigenvalue weighted by molar-refractivity contribution is 0.0949. The standard InChI is InChI=1S/C17H17BrN4O2/c1-2-6-24-13-5-3-4-11(7-13)17(23)20-10-15-21-14-8-12(18)9-19-16(14)22-15/h3-5,7-9H,2,6,10H2,1H3,(H,20,23)(H,19,21,22). The number of hydrogen-bond acceptors (Lipinski definition) is 4. The van der Waals surface area contributed by atoms with Crippen LogP contribution < -0.4 is 10.1 Å². The van der Waals surface area contributed by atoms with E-state index in [9.17, 15) is 4.79 Å². The molecular weight excluding hydrogens is 372 g/mol. The maximum absolute atomic E-state index is 12.3. The van der Waals surface area contributed by atoms with Crippen molar-refractivity contribution in [3.8, 4) is 5.75 Å². The second-order valence-electron chi connectivity index (χ2n) is 5.27. The fourth-order valence-electron chi connectivity index (χ4n) is 2.22. The highest BCUT2D eigenvalue weighted by Gasteiger charge is 2.09. The first-order chi connectivity index (χ1) is 11.7. The number of imidazole rings is 1. The first kappa shape index (κ1) is 16.4. The molecule has 2 N–H and O–H groups in total.